The molecule has 0 saturated carbocycles. The van der Waals surface area contributed by atoms with Crippen LogP contribution in [0.4, 0.5) is 0 Å². The lowest BCUT2D eigenvalue weighted by Gasteiger charge is -2.09. The van der Waals surface area contributed by atoms with Gasteiger partial charge in [0.25, 0.3) is 0 Å². The molecule has 0 fully saturated rings. The zero-order valence-corrected chi connectivity index (χ0v) is 5.55. The topological polar surface area (TPSA) is 20.3 Å². The fourth-order valence-electron chi connectivity index (χ4n) is 0.537. The summed E-state index contributed by atoms with van der Waals surface area (Å²) in [6.07, 6.45) is 7.64. The third kappa shape index (κ3) is 3.60. The molecule has 0 unspecified atom stereocenters. The van der Waals surface area contributed by atoms with Crippen LogP contribution in [0.1, 0.15) is 13.3 Å². The highest BCUT2D eigenvalue weighted by Crippen LogP contribution is 1.83. The molecule has 0 bridgehead atoms. The molecule has 0 rings (SSSR count). The van der Waals surface area contributed by atoms with Crippen molar-refractivity contribution in [3.05, 3.63) is 0 Å². The number of carbonyl (C=O) groups excluding carboxylic acids is 1. The largest absolute Gasteiger partial charge is 0.323 e. The van der Waals surface area contributed by atoms with Crippen LogP contribution in [0.25, 0.3) is 0 Å². The Bertz CT molecular complexity index is 115. The van der Waals surface area contributed by atoms with Gasteiger partial charge in [0.2, 0.25) is 0 Å². The Morgan fingerprint density at radius 1 is 1.67 bits per heavy atom. The molecule has 2 heteroatoms. The van der Waals surface area contributed by atoms with Gasteiger partial charge in [-0.2, -0.15) is 0 Å². The van der Waals surface area contributed by atoms with E-state index in [1.807, 2.05) is 6.92 Å². The lowest BCUT2D eigenvalue weighted by atomic mass is 10.4. The minimum absolute atomic E-state index is 0.372. The first-order chi connectivity index (χ1) is 4.35. The van der Waals surface area contributed by atoms with E-state index in [9.17, 15) is 4.79 Å². The maximum Gasteiger partial charge on any atom is 0.312 e. The summed E-state index contributed by atoms with van der Waals surface area (Å²) in [6, 6.07) is 0. The number of rotatable bonds is 4. The second kappa shape index (κ2) is 5.17. The summed E-state index contributed by atoms with van der Waals surface area (Å²) >= 11 is 0. The first-order valence-electron chi connectivity index (χ1n) is 2.91. The van der Waals surface area contributed by atoms with Crippen molar-refractivity contribution in [1.29, 1.82) is 0 Å². The standard InChI is InChI=1S/C7H10NO/c1-3-5-8(7-9)6-4-2/h1H,4-6H2,2H3. The van der Waals surface area contributed by atoms with Crippen LogP contribution in [0.3, 0.4) is 0 Å². The second-order valence-electron chi connectivity index (χ2n) is 1.72. The molecule has 0 aliphatic carbocycles. The average molecular weight is 124 g/mol. The van der Waals surface area contributed by atoms with Gasteiger partial charge in [0.1, 0.15) is 0 Å². The Morgan fingerprint density at radius 2 is 2.33 bits per heavy atom. The van der Waals surface area contributed by atoms with Crippen molar-refractivity contribution in [2.75, 3.05) is 13.1 Å². The van der Waals surface area contributed by atoms with E-state index in [4.69, 9.17) is 6.42 Å². The normalized spacial score (nSPS) is 8.00. The molecule has 0 aliphatic rings. The Morgan fingerprint density at radius 3 is 2.67 bits per heavy atom. The van der Waals surface area contributed by atoms with Crippen molar-refractivity contribution in [2.45, 2.75) is 13.3 Å². The minimum atomic E-state index is 0.372. The fraction of sp³-hybridized carbons (Fsp3) is 0.571. The summed E-state index contributed by atoms with van der Waals surface area (Å²) in [4.78, 5) is 11.4. The summed E-state index contributed by atoms with van der Waals surface area (Å²) in [5, 5.41) is 0. The van der Waals surface area contributed by atoms with Gasteiger partial charge in [-0.05, 0) is 6.42 Å². The van der Waals surface area contributed by atoms with Gasteiger partial charge >= 0.3 is 6.41 Å². The van der Waals surface area contributed by atoms with Crippen molar-refractivity contribution < 1.29 is 4.79 Å². The van der Waals surface area contributed by atoms with Gasteiger partial charge in [0.05, 0.1) is 6.54 Å². The van der Waals surface area contributed by atoms with Crippen LogP contribution in [0.15, 0.2) is 0 Å². The summed E-state index contributed by atoms with van der Waals surface area (Å²) in [5.41, 5.74) is 0. The van der Waals surface area contributed by atoms with Crippen LogP contribution in [-0.4, -0.2) is 24.4 Å². The quantitative estimate of drug-likeness (QED) is 0.392. The van der Waals surface area contributed by atoms with Crippen LogP contribution in [0.2, 0.25) is 0 Å². The van der Waals surface area contributed by atoms with Gasteiger partial charge in [0, 0.05) is 6.54 Å². The van der Waals surface area contributed by atoms with Crippen molar-refractivity contribution in [3.63, 3.8) is 0 Å². The fourth-order valence-corrected chi connectivity index (χ4v) is 0.537. The lowest BCUT2D eigenvalue weighted by molar-refractivity contribution is 0.411. The number of nitrogens with zero attached hydrogens (tertiary/aromatic N) is 1. The smallest absolute Gasteiger partial charge is 0.312 e. The number of amides is 1. The molecule has 0 aliphatic heterocycles. The number of terminal acetylenes is 1. The van der Waals surface area contributed by atoms with E-state index in [0.29, 0.717) is 13.1 Å². The molecule has 0 aromatic carbocycles. The van der Waals surface area contributed by atoms with Crippen LogP contribution >= 0.6 is 0 Å². The molecule has 0 spiro atoms. The van der Waals surface area contributed by atoms with Crippen LogP contribution < -0.4 is 0 Å². The minimum Gasteiger partial charge on any atom is -0.323 e. The third-order valence-corrected chi connectivity index (χ3v) is 0.905. The maximum absolute atomic E-state index is 9.99. The molecule has 0 atom stereocenters. The molecule has 1 radical (unpaired) electrons. The Hall–Kier alpha value is -0.970. The Kier molecular flexibility index (Phi) is 4.61. The van der Waals surface area contributed by atoms with Crippen molar-refractivity contribution in [1.82, 2.24) is 4.90 Å². The summed E-state index contributed by atoms with van der Waals surface area (Å²) in [7, 11) is 0. The van der Waals surface area contributed by atoms with E-state index < -0.39 is 0 Å². The SMILES string of the molecule is C#CCN([C]=O)CCC. The zero-order valence-electron chi connectivity index (χ0n) is 5.55. The molecule has 0 aromatic rings. The highest BCUT2D eigenvalue weighted by atomic mass is 16.1. The highest BCUT2D eigenvalue weighted by Gasteiger charge is 1.95. The first-order valence-corrected chi connectivity index (χ1v) is 2.91. The molecule has 9 heavy (non-hydrogen) atoms. The van der Waals surface area contributed by atoms with Crippen LogP contribution in [0.5, 0.6) is 0 Å². The van der Waals surface area contributed by atoms with Gasteiger partial charge in [-0.1, -0.05) is 12.8 Å². The molecule has 1 amide bonds. The van der Waals surface area contributed by atoms with E-state index in [1.54, 1.807) is 6.41 Å². The number of hydrogen-bond donors (Lipinski definition) is 0. The van der Waals surface area contributed by atoms with E-state index in [1.165, 1.54) is 4.90 Å². The molecular formula is C7H10NO. The molecule has 49 valence electrons. The highest BCUT2D eigenvalue weighted by molar-refractivity contribution is 5.48. The molecule has 2 nitrogen and oxygen atoms in total. The molecule has 0 saturated heterocycles. The maximum atomic E-state index is 9.99. The third-order valence-electron chi connectivity index (χ3n) is 0.905. The average Bonchev–Trinajstić information content (AvgIpc) is 1.88. The Balaban J connectivity index is 3.44. The van der Waals surface area contributed by atoms with Gasteiger partial charge in [-0.3, -0.25) is 4.79 Å². The number of hydrogen-bond acceptors (Lipinski definition) is 1. The van der Waals surface area contributed by atoms with Crippen molar-refractivity contribution in [2.24, 2.45) is 0 Å². The van der Waals surface area contributed by atoms with Crippen molar-refractivity contribution in [3.8, 4) is 12.3 Å². The van der Waals surface area contributed by atoms with Crippen LogP contribution in [-0.2, 0) is 4.79 Å². The summed E-state index contributed by atoms with van der Waals surface area (Å²) in [5.74, 6) is 2.37. The van der Waals surface area contributed by atoms with Gasteiger partial charge < -0.3 is 4.90 Å². The predicted molar refractivity (Wildman–Crippen MR) is 36.4 cm³/mol. The molecular weight excluding hydrogens is 114 g/mol. The van der Waals surface area contributed by atoms with Crippen LogP contribution in [0, 0.1) is 12.3 Å². The molecule has 0 aromatic heterocycles. The molecule has 0 heterocycles. The van der Waals surface area contributed by atoms with E-state index in [0.717, 1.165) is 6.42 Å². The first kappa shape index (κ1) is 8.03. The van der Waals surface area contributed by atoms with E-state index >= 15 is 0 Å². The zero-order chi connectivity index (χ0) is 7.11. The van der Waals surface area contributed by atoms with E-state index in [2.05, 4.69) is 5.92 Å². The van der Waals surface area contributed by atoms with E-state index in [-0.39, 0.29) is 0 Å². The Labute approximate surface area is 55.8 Å². The second-order valence-corrected chi connectivity index (χ2v) is 1.72. The molecule has 0 N–H and O–H groups in total. The monoisotopic (exact) mass is 124 g/mol. The lowest BCUT2D eigenvalue weighted by Crippen LogP contribution is -2.22. The van der Waals surface area contributed by atoms with Gasteiger partial charge in [0.15, 0.2) is 0 Å². The summed E-state index contributed by atoms with van der Waals surface area (Å²) in [6.45, 7) is 3.06. The van der Waals surface area contributed by atoms with Gasteiger partial charge in [-0.15, -0.1) is 6.42 Å². The van der Waals surface area contributed by atoms with Gasteiger partial charge in [-0.25, -0.2) is 0 Å². The summed E-state index contributed by atoms with van der Waals surface area (Å²) < 4.78 is 0. The predicted octanol–water partition coefficient (Wildman–Crippen LogP) is 0.399. The van der Waals surface area contributed by atoms with Crippen molar-refractivity contribution >= 4 is 6.41 Å².